The molecule has 0 bridgehead atoms. The van der Waals surface area contributed by atoms with E-state index in [1.807, 2.05) is 33.1 Å². The van der Waals surface area contributed by atoms with Gasteiger partial charge >= 0.3 is 0 Å². The van der Waals surface area contributed by atoms with E-state index in [4.69, 9.17) is 0 Å². The number of carbonyl (C=O) groups is 1. The molecule has 0 saturated carbocycles. The summed E-state index contributed by atoms with van der Waals surface area (Å²) in [5, 5.41) is 0. The highest BCUT2D eigenvalue weighted by molar-refractivity contribution is 7.89. The molecule has 0 atom stereocenters. The summed E-state index contributed by atoms with van der Waals surface area (Å²) in [7, 11) is 5.33. The Morgan fingerprint density at radius 1 is 1.09 bits per heavy atom. The number of likely N-dealkylation sites (N-methyl/N-ethyl adjacent to an activating group) is 2. The molecule has 0 N–H and O–H groups in total. The van der Waals surface area contributed by atoms with Gasteiger partial charge in [0.1, 0.15) is 0 Å². The molecule has 0 heterocycles. The van der Waals surface area contributed by atoms with Crippen LogP contribution in [-0.2, 0) is 10.0 Å². The highest BCUT2D eigenvalue weighted by Gasteiger charge is 2.21. The summed E-state index contributed by atoms with van der Waals surface area (Å²) in [5.41, 5.74) is 0.352. The van der Waals surface area contributed by atoms with Crippen LogP contribution in [0.3, 0.4) is 0 Å². The van der Waals surface area contributed by atoms with Gasteiger partial charge in [-0.1, -0.05) is 12.1 Å². The number of benzene rings is 1. The summed E-state index contributed by atoms with van der Waals surface area (Å²) in [5.74, 6) is -0.230. The molecular weight excluding hydrogens is 314 g/mol. The Kier molecular flexibility index (Phi) is 6.93. The minimum atomic E-state index is -3.60. The molecule has 0 fully saturated rings. The lowest BCUT2D eigenvalue weighted by molar-refractivity contribution is 0.104. The zero-order valence-corrected chi connectivity index (χ0v) is 15.2. The molecule has 0 unspecified atom stereocenters. The maximum Gasteiger partial charge on any atom is 0.242 e. The number of allylic oxidation sites excluding steroid dienone is 1. The van der Waals surface area contributed by atoms with Gasteiger partial charge in [-0.25, -0.2) is 8.42 Å². The minimum Gasteiger partial charge on any atom is -0.383 e. The van der Waals surface area contributed by atoms with Gasteiger partial charge in [-0.3, -0.25) is 4.79 Å². The highest BCUT2D eigenvalue weighted by atomic mass is 32.2. The molecule has 6 nitrogen and oxygen atoms in total. The average Bonchev–Trinajstić information content (AvgIpc) is 2.50. The first-order valence-electron chi connectivity index (χ1n) is 7.24. The molecule has 0 amide bonds. The third-order valence-corrected chi connectivity index (χ3v) is 5.07. The first-order chi connectivity index (χ1) is 10.6. The van der Waals surface area contributed by atoms with Gasteiger partial charge in [-0.15, -0.1) is 0 Å². The summed E-state index contributed by atoms with van der Waals surface area (Å²) in [6.07, 6.45) is 3.05. The van der Waals surface area contributed by atoms with Crippen LogP contribution in [0.15, 0.2) is 41.4 Å². The number of carbonyl (C=O) groups excluding carboxylic acids is 1. The maximum absolute atomic E-state index is 12.6. The number of rotatable bonds is 8. The molecule has 128 valence electrons. The molecule has 0 spiro atoms. The third kappa shape index (κ3) is 5.78. The zero-order valence-electron chi connectivity index (χ0n) is 14.4. The average molecular weight is 339 g/mol. The van der Waals surface area contributed by atoms with Crippen LogP contribution >= 0.6 is 0 Å². The van der Waals surface area contributed by atoms with Gasteiger partial charge in [0, 0.05) is 52.1 Å². The summed E-state index contributed by atoms with van der Waals surface area (Å²) in [4.78, 5) is 15.9. The van der Waals surface area contributed by atoms with Crippen LogP contribution in [0.2, 0.25) is 0 Å². The van der Waals surface area contributed by atoms with Crippen LogP contribution in [0, 0.1) is 0 Å². The Morgan fingerprint density at radius 3 is 2.30 bits per heavy atom. The van der Waals surface area contributed by atoms with Gasteiger partial charge in [-0.2, -0.15) is 4.31 Å². The van der Waals surface area contributed by atoms with Crippen molar-refractivity contribution in [2.75, 3.05) is 48.3 Å². The quantitative estimate of drug-likeness (QED) is 0.525. The minimum absolute atomic E-state index is 0.128. The number of ketones is 1. The molecule has 0 aromatic heterocycles. The second kappa shape index (κ2) is 8.24. The van der Waals surface area contributed by atoms with Crippen LogP contribution in [0.25, 0.3) is 0 Å². The predicted octanol–water partition coefficient (Wildman–Crippen LogP) is 1.13. The van der Waals surface area contributed by atoms with Crippen molar-refractivity contribution in [2.24, 2.45) is 0 Å². The van der Waals surface area contributed by atoms with E-state index in [1.54, 1.807) is 30.3 Å². The van der Waals surface area contributed by atoms with E-state index < -0.39 is 10.0 Å². The van der Waals surface area contributed by atoms with Gasteiger partial charge in [0.15, 0.2) is 5.78 Å². The van der Waals surface area contributed by atoms with E-state index in [2.05, 4.69) is 0 Å². The lowest BCUT2D eigenvalue weighted by Gasteiger charge is -2.19. The summed E-state index contributed by atoms with van der Waals surface area (Å²) in [6.45, 7) is 1.01. The molecule has 0 aliphatic rings. The van der Waals surface area contributed by atoms with Crippen LogP contribution in [-0.4, -0.2) is 76.6 Å². The number of nitrogens with zero attached hydrogens (tertiary/aromatic N) is 3. The van der Waals surface area contributed by atoms with Crippen LogP contribution < -0.4 is 0 Å². The summed E-state index contributed by atoms with van der Waals surface area (Å²) >= 11 is 0. The van der Waals surface area contributed by atoms with Crippen LogP contribution in [0.5, 0.6) is 0 Å². The van der Waals surface area contributed by atoms with Crippen LogP contribution in [0.4, 0.5) is 0 Å². The smallest absolute Gasteiger partial charge is 0.242 e. The molecule has 1 rings (SSSR count). The Labute approximate surface area is 139 Å². The van der Waals surface area contributed by atoms with Crippen molar-refractivity contribution in [3.63, 3.8) is 0 Å². The van der Waals surface area contributed by atoms with E-state index in [0.29, 0.717) is 18.7 Å². The molecule has 1 aromatic carbocycles. The first-order valence-corrected chi connectivity index (χ1v) is 8.68. The maximum atomic E-state index is 12.6. The molecule has 0 radical (unpaired) electrons. The van der Waals surface area contributed by atoms with Crippen molar-refractivity contribution < 1.29 is 13.2 Å². The van der Waals surface area contributed by atoms with E-state index >= 15 is 0 Å². The third-order valence-electron chi connectivity index (χ3n) is 3.21. The molecule has 0 aliphatic carbocycles. The SMILES string of the molecule is CN(C)C=CC(=O)c1cccc(S(=O)(=O)N(C)CCN(C)C)c1. The number of hydrogen-bond acceptors (Lipinski definition) is 5. The molecule has 7 heteroatoms. The largest absolute Gasteiger partial charge is 0.383 e. The fraction of sp³-hybridized carbons (Fsp3) is 0.438. The van der Waals surface area contributed by atoms with E-state index in [-0.39, 0.29) is 10.7 Å². The topological polar surface area (TPSA) is 60.9 Å². The lowest BCUT2D eigenvalue weighted by atomic mass is 10.1. The molecule has 0 saturated heterocycles. The zero-order chi connectivity index (χ0) is 17.6. The van der Waals surface area contributed by atoms with E-state index in [0.717, 1.165) is 0 Å². The predicted molar refractivity (Wildman–Crippen MR) is 92.0 cm³/mol. The van der Waals surface area contributed by atoms with Gasteiger partial charge in [0.25, 0.3) is 0 Å². The van der Waals surface area contributed by atoms with Gasteiger partial charge in [0.2, 0.25) is 10.0 Å². The van der Waals surface area contributed by atoms with Crippen molar-refractivity contribution in [1.29, 1.82) is 0 Å². The standard InChI is InChI=1S/C16H25N3O3S/c1-17(2)10-9-16(20)14-7-6-8-15(13-14)23(21,22)19(5)12-11-18(3)4/h6-10,13H,11-12H2,1-5H3. The van der Waals surface area contributed by atoms with Crippen molar-refractivity contribution in [3.8, 4) is 0 Å². The van der Waals surface area contributed by atoms with Gasteiger partial charge in [-0.05, 0) is 26.2 Å². The second-order valence-corrected chi connectivity index (χ2v) is 7.85. The molecule has 23 heavy (non-hydrogen) atoms. The van der Waals surface area contributed by atoms with E-state index in [9.17, 15) is 13.2 Å². The summed E-state index contributed by atoms with van der Waals surface area (Å²) < 4.78 is 26.4. The fourth-order valence-corrected chi connectivity index (χ4v) is 2.97. The van der Waals surface area contributed by atoms with Crippen molar-refractivity contribution in [1.82, 2.24) is 14.1 Å². The number of sulfonamides is 1. The Bertz CT molecular complexity index is 667. The Morgan fingerprint density at radius 2 is 1.74 bits per heavy atom. The normalized spacial score (nSPS) is 12.3. The molecular formula is C16H25N3O3S. The van der Waals surface area contributed by atoms with Gasteiger partial charge in [0.05, 0.1) is 4.90 Å². The Balaban J connectivity index is 3.01. The number of hydrogen-bond donors (Lipinski definition) is 0. The second-order valence-electron chi connectivity index (χ2n) is 5.80. The van der Waals surface area contributed by atoms with Crippen LogP contribution in [0.1, 0.15) is 10.4 Å². The van der Waals surface area contributed by atoms with Crippen molar-refractivity contribution >= 4 is 15.8 Å². The first kappa shape index (κ1) is 19.3. The fourth-order valence-electron chi connectivity index (χ4n) is 1.76. The van der Waals surface area contributed by atoms with Crippen molar-refractivity contribution in [2.45, 2.75) is 4.90 Å². The van der Waals surface area contributed by atoms with E-state index in [1.165, 1.54) is 22.5 Å². The van der Waals surface area contributed by atoms with Gasteiger partial charge < -0.3 is 9.80 Å². The Hall–Kier alpha value is -1.70. The monoisotopic (exact) mass is 339 g/mol. The molecule has 0 aliphatic heterocycles. The van der Waals surface area contributed by atoms with Crippen molar-refractivity contribution in [3.05, 3.63) is 42.1 Å². The molecule has 1 aromatic rings. The summed E-state index contributed by atoms with van der Waals surface area (Å²) in [6, 6.07) is 6.13. The highest BCUT2D eigenvalue weighted by Crippen LogP contribution is 2.16. The lowest BCUT2D eigenvalue weighted by Crippen LogP contribution is -2.33.